The molecule has 0 aliphatic carbocycles. The quantitative estimate of drug-likeness (QED) is 0.820. The highest BCUT2D eigenvalue weighted by Crippen LogP contribution is 2.28. The first kappa shape index (κ1) is 11.9. The van der Waals surface area contributed by atoms with E-state index in [0.717, 1.165) is 0 Å². The van der Waals surface area contributed by atoms with Crippen LogP contribution < -0.4 is 5.73 Å². The lowest BCUT2D eigenvalue weighted by Crippen LogP contribution is -2.23. The Balaban J connectivity index is 3.45. The number of hydrogen-bond donors (Lipinski definition) is 2. The Bertz CT molecular complexity index is 394. The topological polar surface area (TPSA) is 63.3 Å². The SMILES string of the molecule is Cc1cc(Cl)c(C)c(C(N)C(=O)O)c1F. The van der Waals surface area contributed by atoms with Crippen molar-refractivity contribution in [2.75, 3.05) is 0 Å². The van der Waals surface area contributed by atoms with Crippen LogP contribution in [-0.4, -0.2) is 11.1 Å². The van der Waals surface area contributed by atoms with Gasteiger partial charge >= 0.3 is 5.97 Å². The normalized spacial score (nSPS) is 12.6. The highest BCUT2D eigenvalue weighted by molar-refractivity contribution is 6.31. The van der Waals surface area contributed by atoms with Crippen LogP contribution in [0.2, 0.25) is 5.02 Å². The molecule has 0 saturated carbocycles. The van der Waals surface area contributed by atoms with Gasteiger partial charge in [0, 0.05) is 10.6 Å². The molecule has 1 unspecified atom stereocenters. The number of benzene rings is 1. The van der Waals surface area contributed by atoms with E-state index in [4.69, 9.17) is 22.4 Å². The number of rotatable bonds is 2. The molecule has 0 aliphatic rings. The zero-order chi connectivity index (χ0) is 11.7. The predicted octanol–water partition coefficient (Wildman–Crippen LogP) is 2.18. The summed E-state index contributed by atoms with van der Waals surface area (Å²) >= 11 is 5.82. The lowest BCUT2D eigenvalue weighted by Gasteiger charge is -2.14. The van der Waals surface area contributed by atoms with Crippen LogP contribution in [0.15, 0.2) is 6.07 Å². The highest BCUT2D eigenvalue weighted by atomic mass is 35.5. The number of carboxylic acid groups (broad SMARTS) is 1. The zero-order valence-electron chi connectivity index (χ0n) is 8.34. The monoisotopic (exact) mass is 231 g/mol. The molecule has 15 heavy (non-hydrogen) atoms. The predicted molar refractivity (Wildman–Crippen MR) is 55.4 cm³/mol. The largest absolute Gasteiger partial charge is 0.480 e. The van der Waals surface area contributed by atoms with Crippen LogP contribution in [0, 0.1) is 19.7 Å². The first-order valence-electron chi connectivity index (χ1n) is 4.29. The fourth-order valence-corrected chi connectivity index (χ4v) is 1.63. The van der Waals surface area contributed by atoms with E-state index in [2.05, 4.69) is 0 Å². The van der Waals surface area contributed by atoms with E-state index in [0.29, 0.717) is 10.6 Å². The summed E-state index contributed by atoms with van der Waals surface area (Å²) in [5.41, 5.74) is 5.99. The Morgan fingerprint density at radius 2 is 2.13 bits per heavy atom. The minimum atomic E-state index is -1.39. The number of carboxylic acids is 1. The molecule has 5 heteroatoms. The molecule has 0 heterocycles. The molecule has 0 bridgehead atoms. The molecule has 3 nitrogen and oxygen atoms in total. The molecule has 1 atom stereocenters. The molecule has 0 spiro atoms. The van der Waals surface area contributed by atoms with Crippen molar-refractivity contribution >= 4 is 17.6 Å². The second-order valence-corrected chi connectivity index (χ2v) is 3.75. The van der Waals surface area contributed by atoms with Crippen molar-refractivity contribution < 1.29 is 14.3 Å². The van der Waals surface area contributed by atoms with Gasteiger partial charge in [-0.15, -0.1) is 0 Å². The van der Waals surface area contributed by atoms with Crippen molar-refractivity contribution in [2.24, 2.45) is 5.73 Å². The summed E-state index contributed by atoms with van der Waals surface area (Å²) in [5.74, 6) is -1.88. The van der Waals surface area contributed by atoms with Gasteiger partial charge in [0.15, 0.2) is 0 Å². The third-order valence-corrected chi connectivity index (χ3v) is 2.66. The van der Waals surface area contributed by atoms with Crippen LogP contribution in [0.25, 0.3) is 0 Å². The van der Waals surface area contributed by atoms with Gasteiger partial charge in [0.1, 0.15) is 11.9 Å². The summed E-state index contributed by atoms with van der Waals surface area (Å²) < 4.78 is 13.7. The van der Waals surface area contributed by atoms with Crippen LogP contribution in [0.1, 0.15) is 22.7 Å². The van der Waals surface area contributed by atoms with Crippen molar-refractivity contribution in [1.29, 1.82) is 0 Å². The Morgan fingerprint density at radius 1 is 1.60 bits per heavy atom. The van der Waals surface area contributed by atoms with Crippen LogP contribution in [0.4, 0.5) is 4.39 Å². The second-order valence-electron chi connectivity index (χ2n) is 3.34. The molecule has 3 N–H and O–H groups in total. The first-order valence-corrected chi connectivity index (χ1v) is 4.67. The Morgan fingerprint density at radius 3 is 2.60 bits per heavy atom. The Kier molecular flexibility index (Phi) is 3.31. The van der Waals surface area contributed by atoms with Gasteiger partial charge in [0.25, 0.3) is 0 Å². The van der Waals surface area contributed by atoms with E-state index >= 15 is 0 Å². The third-order valence-electron chi connectivity index (χ3n) is 2.27. The molecule has 0 aromatic heterocycles. The van der Waals surface area contributed by atoms with Gasteiger partial charge in [-0.3, -0.25) is 4.79 Å². The first-order chi connectivity index (χ1) is 6.86. The van der Waals surface area contributed by atoms with E-state index in [1.807, 2.05) is 0 Å². The van der Waals surface area contributed by atoms with Gasteiger partial charge < -0.3 is 10.8 Å². The molecule has 1 aromatic carbocycles. The van der Waals surface area contributed by atoms with E-state index < -0.39 is 17.8 Å². The van der Waals surface area contributed by atoms with Gasteiger partial charge in [-0.1, -0.05) is 11.6 Å². The van der Waals surface area contributed by atoms with Gasteiger partial charge in [-0.05, 0) is 31.0 Å². The summed E-state index contributed by atoms with van der Waals surface area (Å²) in [4.78, 5) is 10.7. The van der Waals surface area contributed by atoms with E-state index in [-0.39, 0.29) is 11.1 Å². The maximum absolute atomic E-state index is 13.7. The van der Waals surface area contributed by atoms with Crippen molar-refractivity contribution in [2.45, 2.75) is 19.9 Å². The fraction of sp³-hybridized carbons (Fsp3) is 0.300. The average molecular weight is 232 g/mol. The molecule has 1 aromatic rings. The van der Waals surface area contributed by atoms with Gasteiger partial charge in [-0.2, -0.15) is 0 Å². The second kappa shape index (κ2) is 4.16. The molecule has 1 rings (SSSR count). The van der Waals surface area contributed by atoms with Crippen LogP contribution in [0.3, 0.4) is 0 Å². The molecule has 0 aliphatic heterocycles. The number of nitrogens with two attached hydrogens (primary N) is 1. The molecule has 0 saturated heterocycles. The lowest BCUT2D eigenvalue weighted by atomic mass is 9.98. The molecule has 0 fully saturated rings. The van der Waals surface area contributed by atoms with Crippen molar-refractivity contribution in [3.63, 3.8) is 0 Å². The Labute approximate surface area is 91.7 Å². The van der Waals surface area contributed by atoms with Gasteiger partial charge in [-0.25, -0.2) is 4.39 Å². The summed E-state index contributed by atoms with van der Waals surface area (Å²) in [7, 11) is 0. The van der Waals surface area contributed by atoms with E-state index in [9.17, 15) is 9.18 Å². The van der Waals surface area contributed by atoms with Gasteiger partial charge in [0.2, 0.25) is 0 Å². The maximum Gasteiger partial charge on any atom is 0.325 e. The zero-order valence-corrected chi connectivity index (χ0v) is 9.10. The molecular formula is C10H11ClFNO2. The minimum Gasteiger partial charge on any atom is -0.480 e. The van der Waals surface area contributed by atoms with Crippen LogP contribution in [0.5, 0.6) is 0 Å². The van der Waals surface area contributed by atoms with Crippen molar-refractivity contribution in [1.82, 2.24) is 0 Å². The summed E-state index contributed by atoms with van der Waals surface area (Å²) in [5, 5.41) is 9.05. The molecule has 0 radical (unpaired) electrons. The van der Waals surface area contributed by atoms with Crippen molar-refractivity contribution in [3.8, 4) is 0 Å². The Hall–Kier alpha value is -1.13. The number of aryl methyl sites for hydroxylation is 1. The number of aliphatic carboxylic acids is 1. The van der Waals surface area contributed by atoms with E-state index in [1.54, 1.807) is 6.92 Å². The van der Waals surface area contributed by atoms with Crippen LogP contribution >= 0.6 is 11.6 Å². The highest BCUT2D eigenvalue weighted by Gasteiger charge is 2.23. The smallest absolute Gasteiger partial charge is 0.325 e. The fourth-order valence-electron chi connectivity index (χ4n) is 1.36. The average Bonchev–Trinajstić information content (AvgIpc) is 2.15. The standard InChI is InChI=1S/C10H11ClFNO2/c1-4-3-6(11)5(2)7(8(4)12)9(13)10(14)15/h3,9H,13H2,1-2H3,(H,14,15). The van der Waals surface area contributed by atoms with Gasteiger partial charge in [0.05, 0.1) is 0 Å². The minimum absolute atomic E-state index is 0.0486. The number of carbonyl (C=O) groups is 1. The van der Waals surface area contributed by atoms with E-state index in [1.165, 1.54) is 13.0 Å². The third kappa shape index (κ3) is 2.11. The van der Waals surface area contributed by atoms with Crippen molar-refractivity contribution in [3.05, 3.63) is 33.6 Å². The summed E-state index contributed by atoms with van der Waals surface area (Å²) in [6, 6.07) is 0.0620. The lowest BCUT2D eigenvalue weighted by molar-refractivity contribution is -0.138. The summed E-state index contributed by atoms with van der Waals surface area (Å²) in [6.45, 7) is 3.06. The molecular weight excluding hydrogens is 221 g/mol. The molecule has 82 valence electrons. The number of hydrogen-bond acceptors (Lipinski definition) is 2. The van der Waals surface area contributed by atoms with Crippen LogP contribution in [-0.2, 0) is 4.79 Å². The maximum atomic E-state index is 13.7. The number of halogens is 2. The summed E-state index contributed by atoms with van der Waals surface area (Å²) in [6.07, 6.45) is 0. The molecule has 0 amide bonds.